The van der Waals surface area contributed by atoms with Crippen molar-refractivity contribution in [2.45, 2.75) is 19.3 Å². The van der Waals surface area contributed by atoms with E-state index in [1.54, 1.807) is 0 Å². The lowest BCUT2D eigenvalue weighted by atomic mass is 9.80. The second kappa shape index (κ2) is 2.76. The maximum absolute atomic E-state index is 9.08. The van der Waals surface area contributed by atoms with Crippen LogP contribution >= 0.6 is 0 Å². The van der Waals surface area contributed by atoms with Gasteiger partial charge < -0.3 is 10.2 Å². The molecule has 2 rings (SSSR count). The first-order valence-corrected chi connectivity index (χ1v) is 4.58. The number of aliphatic hydroxyl groups excluding tert-OH is 2. The van der Waals surface area contributed by atoms with Gasteiger partial charge in [-0.25, -0.2) is 0 Å². The zero-order valence-electron chi connectivity index (χ0n) is 6.74. The van der Waals surface area contributed by atoms with Crippen LogP contribution in [0.1, 0.15) is 19.3 Å². The van der Waals surface area contributed by atoms with Gasteiger partial charge in [-0.15, -0.1) is 0 Å². The van der Waals surface area contributed by atoms with Crippen molar-refractivity contribution in [1.82, 2.24) is 0 Å². The van der Waals surface area contributed by atoms with E-state index in [4.69, 9.17) is 10.2 Å². The largest absolute Gasteiger partial charge is 0.396 e. The smallest absolute Gasteiger partial charge is 0.0465 e. The average molecular weight is 156 g/mol. The van der Waals surface area contributed by atoms with E-state index >= 15 is 0 Å². The highest BCUT2D eigenvalue weighted by atomic mass is 16.3. The third kappa shape index (κ3) is 1.00. The van der Waals surface area contributed by atoms with Gasteiger partial charge in [-0.1, -0.05) is 0 Å². The zero-order chi connectivity index (χ0) is 7.84. The molecule has 4 atom stereocenters. The molecule has 2 fully saturated rings. The number of hydrogen-bond donors (Lipinski definition) is 2. The molecule has 0 aromatic rings. The SMILES string of the molecule is OC[C@H]1C2CCC(C2)[C@@H]1CO. The van der Waals surface area contributed by atoms with Gasteiger partial charge in [0.2, 0.25) is 0 Å². The van der Waals surface area contributed by atoms with Crippen molar-refractivity contribution in [3.8, 4) is 0 Å². The molecule has 64 valence electrons. The number of fused-ring (bicyclic) bond motifs is 2. The van der Waals surface area contributed by atoms with Crippen LogP contribution in [0.4, 0.5) is 0 Å². The molecule has 0 spiro atoms. The minimum atomic E-state index is 0.284. The van der Waals surface area contributed by atoms with Crippen LogP contribution in [0, 0.1) is 23.7 Å². The van der Waals surface area contributed by atoms with Crippen LogP contribution in [-0.2, 0) is 0 Å². The van der Waals surface area contributed by atoms with Crippen LogP contribution in [0.15, 0.2) is 0 Å². The first kappa shape index (κ1) is 7.56. The number of hydrogen-bond acceptors (Lipinski definition) is 2. The van der Waals surface area contributed by atoms with Gasteiger partial charge in [-0.2, -0.15) is 0 Å². The quantitative estimate of drug-likeness (QED) is 0.615. The monoisotopic (exact) mass is 156 g/mol. The summed E-state index contributed by atoms with van der Waals surface area (Å²) in [6.07, 6.45) is 3.83. The Bertz CT molecular complexity index is 130. The van der Waals surface area contributed by atoms with E-state index in [2.05, 4.69) is 0 Å². The molecular weight excluding hydrogens is 140 g/mol. The summed E-state index contributed by atoms with van der Waals surface area (Å²) in [5.41, 5.74) is 0. The molecule has 2 unspecified atom stereocenters. The Kier molecular flexibility index (Phi) is 1.90. The van der Waals surface area contributed by atoms with Gasteiger partial charge in [-0.3, -0.25) is 0 Å². The Morgan fingerprint density at radius 3 is 1.73 bits per heavy atom. The van der Waals surface area contributed by atoms with Gasteiger partial charge in [0.15, 0.2) is 0 Å². The molecule has 2 heteroatoms. The fourth-order valence-corrected chi connectivity index (χ4v) is 3.10. The summed E-state index contributed by atoms with van der Waals surface area (Å²) in [5.74, 6) is 2.28. The first-order chi connectivity index (χ1) is 5.36. The van der Waals surface area contributed by atoms with Crippen molar-refractivity contribution in [2.24, 2.45) is 23.7 Å². The molecular formula is C9H16O2. The van der Waals surface area contributed by atoms with Crippen LogP contribution in [-0.4, -0.2) is 23.4 Å². The lowest BCUT2D eigenvalue weighted by molar-refractivity contribution is 0.0791. The van der Waals surface area contributed by atoms with Gasteiger partial charge in [0.1, 0.15) is 0 Å². The Morgan fingerprint density at radius 2 is 1.36 bits per heavy atom. The summed E-state index contributed by atoms with van der Waals surface area (Å²) in [6, 6.07) is 0. The highest BCUT2D eigenvalue weighted by molar-refractivity contribution is 4.95. The summed E-state index contributed by atoms with van der Waals surface area (Å²) in [6.45, 7) is 0.568. The molecule has 0 saturated heterocycles. The van der Waals surface area contributed by atoms with Crippen molar-refractivity contribution in [1.29, 1.82) is 0 Å². The lowest BCUT2D eigenvalue weighted by Crippen LogP contribution is -2.27. The fourth-order valence-electron chi connectivity index (χ4n) is 3.10. The third-order valence-electron chi connectivity index (χ3n) is 3.70. The molecule has 0 radical (unpaired) electrons. The highest BCUT2D eigenvalue weighted by Crippen LogP contribution is 2.51. The molecule has 0 heterocycles. The Morgan fingerprint density at radius 1 is 0.909 bits per heavy atom. The van der Waals surface area contributed by atoms with Crippen LogP contribution in [0.2, 0.25) is 0 Å². The van der Waals surface area contributed by atoms with Gasteiger partial charge in [-0.05, 0) is 42.9 Å². The lowest BCUT2D eigenvalue weighted by Gasteiger charge is -2.27. The average Bonchev–Trinajstić information content (AvgIpc) is 2.60. The zero-order valence-corrected chi connectivity index (χ0v) is 6.74. The molecule has 2 aliphatic carbocycles. The summed E-state index contributed by atoms with van der Waals surface area (Å²) < 4.78 is 0. The molecule has 2 aliphatic rings. The van der Waals surface area contributed by atoms with E-state index in [-0.39, 0.29) is 13.2 Å². The van der Waals surface area contributed by atoms with Crippen LogP contribution in [0.25, 0.3) is 0 Å². The molecule has 0 aromatic heterocycles. The van der Waals surface area contributed by atoms with Crippen molar-refractivity contribution in [2.75, 3.05) is 13.2 Å². The van der Waals surface area contributed by atoms with Crippen molar-refractivity contribution < 1.29 is 10.2 Å². The molecule has 2 bridgehead atoms. The van der Waals surface area contributed by atoms with Gasteiger partial charge in [0.25, 0.3) is 0 Å². The standard InChI is InChI=1S/C9H16O2/c10-4-8-6-1-2-7(3-6)9(8)5-11/h6-11H,1-5H2/t6?,7?,8-,9-/m0/s1. The van der Waals surface area contributed by atoms with Crippen molar-refractivity contribution in [3.63, 3.8) is 0 Å². The highest BCUT2D eigenvalue weighted by Gasteiger charge is 2.46. The van der Waals surface area contributed by atoms with Crippen LogP contribution in [0.3, 0.4) is 0 Å². The molecule has 2 N–H and O–H groups in total. The molecule has 0 aromatic carbocycles. The third-order valence-corrected chi connectivity index (χ3v) is 3.70. The fraction of sp³-hybridized carbons (Fsp3) is 1.00. The van der Waals surface area contributed by atoms with Crippen molar-refractivity contribution in [3.05, 3.63) is 0 Å². The molecule has 0 aliphatic heterocycles. The Balaban J connectivity index is 2.08. The van der Waals surface area contributed by atoms with Gasteiger partial charge in [0, 0.05) is 13.2 Å². The van der Waals surface area contributed by atoms with E-state index in [0.29, 0.717) is 11.8 Å². The molecule has 2 nitrogen and oxygen atoms in total. The molecule has 2 saturated carbocycles. The van der Waals surface area contributed by atoms with E-state index in [9.17, 15) is 0 Å². The second-order valence-corrected chi connectivity index (χ2v) is 4.03. The minimum absolute atomic E-state index is 0.284. The normalized spacial score (nSPS) is 48.5. The van der Waals surface area contributed by atoms with Crippen LogP contribution < -0.4 is 0 Å². The van der Waals surface area contributed by atoms with Gasteiger partial charge in [0.05, 0.1) is 0 Å². The van der Waals surface area contributed by atoms with Crippen molar-refractivity contribution >= 4 is 0 Å². The Labute approximate surface area is 67.2 Å². The molecule has 11 heavy (non-hydrogen) atoms. The maximum atomic E-state index is 9.08. The van der Waals surface area contributed by atoms with Crippen LogP contribution in [0.5, 0.6) is 0 Å². The van der Waals surface area contributed by atoms with E-state index in [0.717, 1.165) is 11.8 Å². The van der Waals surface area contributed by atoms with E-state index in [1.807, 2.05) is 0 Å². The van der Waals surface area contributed by atoms with E-state index < -0.39 is 0 Å². The summed E-state index contributed by atoms with van der Waals surface area (Å²) in [4.78, 5) is 0. The van der Waals surface area contributed by atoms with E-state index in [1.165, 1.54) is 19.3 Å². The number of rotatable bonds is 2. The number of aliphatic hydroxyl groups is 2. The maximum Gasteiger partial charge on any atom is 0.0465 e. The predicted octanol–water partition coefficient (Wildman–Crippen LogP) is 0.633. The minimum Gasteiger partial charge on any atom is -0.396 e. The summed E-state index contributed by atoms with van der Waals surface area (Å²) in [7, 11) is 0. The topological polar surface area (TPSA) is 40.5 Å². The predicted molar refractivity (Wildman–Crippen MR) is 42.0 cm³/mol. The summed E-state index contributed by atoms with van der Waals surface area (Å²) in [5, 5.41) is 18.2. The molecule has 0 amide bonds. The van der Waals surface area contributed by atoms with Gasteiger partial charge >= 0.3 is 0 Å². The summed E-state index contributed by atoms with van der Waals surface area (Å²) >= 11 is 0. The second-order valence-electron chi connectivity index (χ2n) is 4.03. The first-order valence-electron chi connectivity index (χ1n) is 4.58. The Hall–Kier alpha value is -0.0800.